The van der Waals surface area contributed by atoms with E-state index in [1.54, 1.807) is 16.5 Å². The maximum Gasteiger partial charge on any atom is 0.355 e. The molecule has 0 spiro atoms. The van der Waals surface area contributed by atoms with Gasteiger partial charge in [-0.2, -0.15) is 46.8 Å². The minimum atomic E-state index is -4.46. The molecule has 5 heterocycles. The van der Waals surface area contributed by atoms with Crippen molar-refractivity contribution in [2.45, 2.75) is 81.8 Å². The summed E-state index contributed by atoms with van der Waals surface area (Å²) in [5, 5.41) is 10.3. The lowest BCUT2D eigenvalue weighted by molar-refractivity contribution is -0.142. The molecule has 84 heavy (non-hydrogen) atoms. The van der Waals surface area contributed by atoms with Crippen LogP contribution in [0.15, 0.2) is 70.6 Å². The molecule has 0 saturated heterocycles. The molecule has 26 nitrogen and oxygen atoms in total. The number of anilines is 4. The van der Waals surface area contributed by atoms with Crippen molar-refractivity contribution in [2.24, 2.45) is 0 Å². The number of rotatable bonds is 17. The largest absolute Gasteiger partial charge is 0.489 e. The standard InChI is InChI=1S/C15H14Cl2F3N3O3.C15H18N6O6S.C11H11Cl2NO2.C8H14ClN5/c1-3-26-13(24)10(17)4-8-5-12(11(18)6-9(8)16)23-15(25)22(14(19)20)7(2)21-23;1-21(2)13(22)9-6-5-7-16-12(9)28(24,25)20-15(23)19-14-17-10(26-3)8-11(18-14)27-4;1-7-6-16-9-5-3-2-4-8(9)14(7)11(15)10(12)13;1-4-10-7-12-6(9)13-8(14-7)11-5(2)3/h5-6,10,14H,3-4H2,1-2H3;5-8H,1-4H3,(H2,17,18,19,20,23);2-5,7,10H,6H2,1H3;5H,4H2,1-3H3,(H2,10,11,12,13,14). The zero-order valence-corrected chi connectivity index (χ0v) is 50.9. The summed E-state index contributed by atoms with van der Waals surface area (Å²) in [5.74, 6) is -1.22. The maximum absolute atomic E-state index is 14.2. The van der Waals surface area contributed by atoms with Crippen molar-refractivity contribution in [2.75, 3.05) is 68.9 Å². The molecule has 1 aliphatic heterocycles. The fourth-order valence-corrected chi connectivity index (χ4v) is 8.76. The molecule has 0 fully saturated rings. The molecule has 4 aromatic heterocycles. The van der Waals surface area contributed by atoms with Gasteiger partial charge in [0, 0.05) is 44.3 Å². The Morgan fingerprint density at radius 3 is 2.11 bits per heavy atom. The predicted molar refractivity (Wildman–Crippen MR) is 308 cm³/mol. The number of carbonyl (C=O) groups excluding carboxylic acids is 4. The van der Waals surface area contributed by atoms with E-state index in [0.29, 0.717) is 28.9 Å². The number of pyridine rings is 1. The van der Waals surface area contributed by atoms with Crippen molar-refractivity contribution in [3.05, 3.63) is 104 Å². The average molecular weight is 1300 g/mol. The van der Waals surface area contributed by atoms with E-state index in [9.17, 15) is 45.6 Å². The number of aryl methyl sites for hydroxylation is 1. The van der Waals surface area contributed by atoms with Crippen molar-refractivity contribution >= 4 is 115 Å². The Hall–Kier alpha value is -7.51. The van der Waals surface area contributed by atoms with Crippen LogP contribution in [-0.4, -0.2) is 152 Å². The van der Waals surface area contributed by atoms with Crippen molar-refractivity contribution in [3.63, 3.8) is 0 Å². The van der Waals surface area contributed by atoms with Gasteiger partial charge in [0.2, 0.25) is 34.9 Å². The van der Waals surface area contributed by atoms with E-state index < -0.39 is 61.2 Å². The number of halogens is 8. The summed E-state index contributed by atoms with van der Waals surface area (Å²) in [5.41, 5.74) is -0.834. The molecule has 2 atom stereocenters. The number of aromatic nitrogens is 9. The van der Waals surface area contributed by atoms with Gasteiger partial charge < -0.3 is 39.4 Å². The van der Waals surface area contributed by atoms with Gasteiger partial charge in [-0.15, -0.1) is 16.7 Å². The monoisotopic (exact) mass is 1300 g/mol. The first-order chi connectivity index (χ1) is 39.6. The summed E-state index contributed by atoms with van der Waals surface area (Å²) in [6, 6.07) is 12.5. The van der Waals surface area contributed by atoms with Crippen molar-refractivity contribution in [1.29, 1.82) is 0 Å². The number of carbonyl (C=O) groups is 4. The van der Waals surface area contributed by atoms with Gasteiger partial charge >= 0.3 is 24.2 Å². The Morgan fingerprint density at radius 1 is 0.893 bits per heavy atom. The number of sulfonamides is 1. The molecule has 0 saturated carbocycles. The zero-order valence-electron chi connectivity index (χ0n) is 46.3. The summed E-state index contributed by atoms with van der Waals surface area (Å²) in [4.78, 5) is 85.1. The van der Waals surface area contributed by atoms with Gasteiger partial charge in [0.05, 0.1) is 44.2 Å². The fourth-order valence-electron chi connectivity index (χ4n) is 6.89. The highest BCUT2D eigenvalue weighted by Crippen LogP contribution is 2.35. The number of hydrogen-bond donors (Lipinski definition) is 4. The minimum Gasteiger partial charge on any atom is -0.489 e. The van der Waals surface area contributed by atoms with Crippen LogP contribution in [0.4, 0.5) is 41.5 Å². The third kappa shape index (κ3) is 19.3. The van der Waals surface area contributed by atoms with Crippen LogP contribution in [0, 0.1) is 12.7 Å². The maximum atomic E-state index is 14.2. The van der Waals surface area contributed by atoms with Crippen LogP contribution in [0.25, 0.3) is 5.69 Å². The number of ether oxygens (including phenoxy) is 4. The minimum absolute atomic E-state index is 0.0424. The number of urea groups is 1. The van der Waals surface area contributed by atoms with Crippen LogP contribution in [0.5, 0.6) is 17.5 Å². The number of methoxy groups -OCH3 is 2. The Labute approximate surface area is 504 Å². The molecule has 0 radical (unpaired) electrons. The number of fused-ring (bicyclic) bond motifs is 1. The highest BCUT2D eigenvalue weighted by atomic mass is 35.5. The number of alkyl halides is 5. The summed E-state index contributed by atoms with van der Waals surface area (Å²) in [7, 11) is 1.15. The van der Waals surface area contributed by atoms with Crippen molar-refractivity contribution in [1.82, 2.24) is 53.9 Å². The normalized spacial score (nSPS) is 12.8. The SMILES string of the molecule is CC1COc2ccccc2N1C(=O)C(Cl)Cl.CCNc1nc(Cl)nc(NC(C)C)n1.CCOC(=O)C(Cl)Cc1cc(-n2nc(C)n(C(F)F)c2=O)c(F)cc1Cl.COc1cc(OC)nc(NC(=O)NS(=O)(=O)c2ncccc2C(=O)N(C)C)n1. The van der Waals surface area contributed by atoms with E-state index in [1.807, 2.05) is 52.0 Å². The molecule has 0 bridgehead atoms. The van der Waals surface area contributed by atoms with Gasteiger partial charge in [0.1, 0.15) is 29.2 Å². The van der Waals surface area contributed by atoms with E-state index >= 15 is 0 Å². The Bertz CT molecular complexity index is 3420. The van der Waals surface area contributed by atoms with Crippen LogP contribution in [0.3, 0.4) is 0 Å². The smallest absolute Gasteiger partial charge is 0.355 e. The molecule has 1 aliphatic rings. The quantitative estimate of drug-likeness (QED) is 0.0501. The Kier molecular flexibility index (Phi) is 26.2. The summed E-state index contributed by atoms with van der Waals surface area (Å²) < 4.78 is 87.7. The van der Waals surface area contributed by atoms with Gasteiger partial charge in [-0.25, -0.2) is 28.3 Å². The first-order valence-electron chi connectivity index (χ1n) is 24.5. The lowest BCUT2D eigenvalue weighted by atomic mass is 10.1. The molecule has 4 N–H and O–H groups in total. The van der Waals surface area contributed by atoms with Crippen molar-refractivity contribution in [3.8, 4) is 23.2 Å². The lowest BCUT2D eigenvalue weighted by Gasteiger charge is -2.35. The molecule has 0 aliphatic carbocycles. The molecule has 4 amide bonds. The van der Waals surface area contributed by atoms with Gasteiger partial charge in [-0.05, 0) is 95.1 Å². The van der Waals surface area contributed by atoms with Gasteiger partial charge in [0.25, 0.3) is 21.8 Å². The zero-order chi connectivity index (χ0) is 62.7. The Morgan fingerprint density at radius 2 is 1.54 bits per heavy atom. The first kappa shape index (κ1) is 69.0. The summed E-state index contributed by atoms with van der Waals surface area (Å²) in [6.45, 7) is 8.87. The average Bonchev–Trinajstić information content (AvgIpc) is 2.27. The second-order valence-corrected chi connectivity index (χ2v) is 21.3. The number of esters is 1. The van der Waals surface area contributed by atoms with Crippen LogP contribution in [0.2, 0.25) is 10.3 Å². The molecule has 35 heteroatoms. The molecular weight excluding hydrogens is 1240 g/mol. The van der Waals surface area contributed by atoms with E-state index in [2.05, 4.69) is 51.0 Å². The topological polar surface area (TPSA) is 311 Å². The fraction of sp³-hybridized carbons (Fsp3) is 0.388. The van der Waals surface area contributed by atoms with E-state index in [1.165, 1.54) is 64.5 Å². The molecule has 2 unspecified atom stereocenters. The second kappa shape index (κ2) is 32.0. The van der Waals surface area contributed by atoms with Gasteiger partial charge in [-0.1, -0.05) is 46.9 Å². The first-order valence-corrected chi connectivity index (χ1v) is 28.1. The lowest BCUT2D eigenvalue weighted by Crippen LogP contribution is -2.47. The van der Waals surface area contributed by atoms with Gasteiger partial charge in [-0.3, -0.25) is 19.7 Å². The number of benzene rings is 2. The van der Waals surface area contributed by atoms with E-state index in [0.717, 1.165) is 24.4 Å². The molecule has 2 aromatic carbocycles. The molecule has 456 valence electrons. The molecule has 7 rings (SSSR count). The number of nitrogens with one attached hydrogen (secondary N) is 4. The second-order valence-electron chi connectivity index (χ2n) is 17.3. The number of hydrogen-bond acceptors (Lipinski definition) is 20. The predicted octanol–water partition coefficient (Wildman–Crippen LogP) is 7.73. The van der Waals surface area contributed by atoms with Crippen LogP contribution >= 0.6 is 58.0 Å². The third-order valence-electron chi connectivity index (χ3n) is 10.5. The third-order valence-corrected chi connectivity index (χ3v) is 13.0. The molecule has 6 aromatic rings. The molecular formula is C49H57Cl5F3N15O11S. The van der Waals surface area contributed by atoms with Gasteiger partial charge in [0.15, 0.2) is 15.7 Å². The Balaban J connectivity index is 0.000000249. The summed E-state index contributed by atoms with van der Waals surface area (Å²) >= 11 is 28.9. The number of para-hydroxylation sites is 2. The van der Waals surface area contributed by atoms with Crippen LogP contribution in [-0.2, 0) is 30.8 Å². The van der Waals surface area contributed by atoms with Crippen LogP contribution in [0.1, 0.15) is 62.9 Å². The summed E-state index contributed by atoms with van der Waals surface area (Å²) in [6.07, 6.45) is 1.07. The van der Waals surface area contributed by atoms with E-state index in [4.69, 9.17) is 77.0 Å². The highest BCUT2D eigenvalue weighted by molar-refractivity contribution is 7.90. The number of amides is 4. The van der Waals surface area contributed by atoms with E-state index in [-0.39, 0.29) is 86.2 Å². The van der Waals surface area contributed by atoms with Crippen molar-refractivity contribution < 1.29 is 59.7 Å². The highest BCUT2D eigenvalue weighted by Gasteiger charge is 2.32. The number of nitrogens with zero attached hydrogens (tertiary/aromatic N) is 11. The van der Waals surface area contributed by atoms with Crippen LogP contribution < -0.4 is 45.5 Å².